The van der Waals surface area contributed by atoms with Crippen LogP contribution in [0.15, 0.2) is 35.4 Å². The third-order valence-corrected chi connectivity index (χ3v) is 4.66. The summed E-state index contributed by atoms with van der Waals surface area (Å²) in [7, 11) is 0. The number of alkyl halides is 3. The molecule has 1 fully saturated rings. The number of halogens is 3. The van der Waals surface area contributed by atoms with E-state index in [1.54, 1.807) is 0 Å². The maximum atomic E-state index is 12.7. The fraction of sp³-hybridized carbons (Fsp3) is 0.444. The van der Waals surface area contributed by atoms with Crippen molar-refractivity contribution in [1.29, 1.82) is 0 Å². The number of hydrogen-bond donors (Lipinski definition) is 2. The van der Waals surface area contributed by atoms with Gasteiger partial charge in [-0.25, -0.2) is 0 Å². The first kappa shape index (κ1) is 17.5. The van der Waals surface area contributed by atoms with Crippen molar-refractivity contribution >= 4 is 11.8 Å². The van der Waals surface area contributed by atoms with E-state index >= 15 is 0 Å². The Balaban J connectivity index is 1.61. The van der Waals surface area contributed by atoms with E-state index in [9.17, 15) is 22.8 Å². The number of hydrogen-bond acceptors (Lipinski definition) is 2. The second-order valence-corrected chi connectivity index (χ2v) is 6.43. The molecule has 1 aromatic carbocycles. The van der Waals surface area contributed by atoms with Crippen molar-refractivity contribution < 1.29 is 22.8 Å². The molecule has 2 amide bonds. The Morgan fingerprint density at radius 1 is 1.28 bits per heavy atom. The number of fused-ring (bicyclic) bond motifs is 1. The van der Waals surface area contributed by atoms with E-state index in [4.69, 9.17) is 0 Å². The molecule has 1 atom stereocenters. The number of carbonyl (C=O) groups is 2. The third-order valence-electron chi connectivity index (χ3n) is 4.66. The molecule has 1 unspecified atom stereocenters. The molecule has 0 saturated heterocycles. The lowest BCUT2D eigenvalue weighted by Crippen LogP contribution is -2.30. The lowest BCUT2D eigenvalue weighted by atomic mass is 9.88. The van der Waals surface area contributed by atoms with Gasteiger partial charge in [0.15, 0.2) is 0 Å². The van der Waals surface area contributed by atoms with Gasteiger partial charge in [-0.2, -0.15) is 13.2 Å². The van der Waals surface area contributed by atoms with Gasteiger partial charge in [-0.1, -0.05) is 18.6 Å². The summed E-state index contributed by atoms with van der Waals surface area (Å²) in [5, 5.41) is 5.49. The molecule has 7 heteroatoms. The lowest BCUT2D eigenvalue weighted by Gasteiger charge is -2.20. The maximum Gasteiger partial charge on any atom is 0.416 e. The van der Waals surface area contributed by atoms with Crippen molar-refractivity contribution in [1.82, 2.24) is 10.6 Å². The molecule has 1 saturated carbocycles. The highest BCUT2D eigenvalue weighted by Gasteiger charge is 2.33. The Morgan fingerprint density at radius 3 is 2.84 bits per heavy atom. The summed E-state index contributed by atoms with van der Waals surface area (Å²) >= 11 is 0. The van der Waals surface area contributed by atoms with Gasteiger partial charge < -0.3 is 10.6 Å². The largest absolute Gasteiger partial charge is 0.416 e. The van der Waals surface area contributed by atoms with Crippen molar-refractivity contribution in [2.24, 2.45) is 0 Å². The first-order valence-corrected chi connectivity index (χ1v) is 8.30. The van der Waals surface area contributed by atoms with Crippen molar-refractivity contribution in [3.63, 3.8) is 0 Å². The summed E-state index contributed by atoms with van der Waals surface area (Å²) in [6, 6.07) is 4.89. The van der Waals surface area contributed by atoms with Gasteiger partial charge in [0, 0.05) is 12.1 Å². The Morgan fingerprint density at radius 2 is 2.08 bits per heavy atom. The maximum absolute atomic E-state index is 12.7. The molecule has 1 aliphatic heterocycles. The average Bonchev–Trinajstić information content (AvgIpc) is 2.88. The van der Waals surface area contributed by atoms with Crippen molar-refractivity contribution in [3.05, 3.63) is 46.5 Å². The molecule has 2 N–H and O–H groups in total. The van der Waals surface area contributed by atoms with E-state index in [0.717, 1.165) is 43.4 Å². The van der Waals surface area contributed by atoms with Crippen LogP contribution in [0, 0.1) is 0 Å². The molecule has 3 rings (SSSR count). The highest BCUT2D eigenvalue weighted by molar-refractivity contribution is 6.02. The minimum absolute atomic E-state index is 0.00356. The number of benzene rings is 1. The molecule has 0 aromatic heterocycles. The second-order valence-electron chi connectivity index (χ2n) is 6.43. The molecule has 0 spiro atoms. The van der Waals surface area contributed by atoms with Crippen molar-refractivity contribution in [2.45, 2.75) is 50.9 Å². The first-order chi connectivity index (χ1) is 11.8. The Bertz CT molecular complexity index is 725. The number of rotatable bonds is 4. The molecule has 1 heterocycles. The van der Waals surface area contributed by atoms with Crippen LogP contribution >= 0.6 is 0 Å². The van der Waals surface area contributed by atoms with Crippen LogP contribution in [-0.4, -0.2) is 17.9 Å². The Kier molecular flexibility index (Phi) is 4.83. The molecule has 25 heavy (non-hydrogen) atoms. The van der Waals surface area contributed by atoms with Gasteiger partial charge in [-0.15, -0.1) is 0 Å². The van der Waals surface area contributed by atoms with Gasteiger partial charge in [0.25, 0.3) is 0 Å². The summed E-state index contributed by atoms with van der Waals surface area (Å²) in [4.78, 5) is 24.2. The molecule has 0 radical (unpaired) electrons. The zero-order valence-corrected chi connectivity index (χ0v) is 13.6. The van der Waals surface area contributed by atoms with E-state index in [1.165, 1.54) is 12.1 Å². The molecule has 2 aliphatic rings. The van der Waals surface area contributed by atoms with Crippen LogP contribution in [0.25, 0.3) is 0 Å². The van der Waals surface area contributed by atoms with E-state index < -0.39 is 11.7 Å². The predicted octanol–water partition coefficient (Wildman–Crippen LogP) is 3.08. The lowest BCUT2D eigenvalue weighted by molar-refractivity contribution is -0.137. The van der Waals surface area contributed by atoms with Crippen LogP contribution in [0.5, 0.6) is 0 Å². The van der Waals surface area contributed by atoms with Gasteiger partial charge in [-0.05, 0) is 42.5 Å². The Hall–Kier alpha value is -2.31. The van der Waals surface area contributed by atoms with Crippen molar-refractivity contribution in [3.8, 4) is 0 Å². The molecule has 134 valence electrons. The van der Waals surface area contributed by atoms with Crippen LogP contribution < -0.4 is 10.6 Å². The topological polar surface area (TPSA) is 58.2 Å². The normalized spacial score (nSPS) is 20.3. The van der Waals surface area contributed by atoms with Crippen molar-refractivity contribution in [2.75, 3.05) is 0 Å². The molecular formula is C18H19F3N2O2. The summed E-state index contributed by atoms with van der Waals surface area (Å²) in [5.41, 5.74) is 1.16. The Labute approximate surface area is 143 Å². The highest BCUT2D eigenvalue weighted by atomic mass is 19.4. The highest BCUT2D eigenvalue weighted by Crippen LogP contribution is 2.32. The summed E-state index contributed by atoms with van der Waals surface area (Å²) < 4.78 is 38.1. The minimum atomic E-state index is -4.41. The van der Waals surface area contributed by atoms with E-state index in [-0.39, 0.29) is 30.8 Å². The summed E-state index contributed by atoms with van der Waals surface area (Å²) in [6.07, 6.45) is -0.656. The number of carbonyl (C=O) groups excluding carboxylic acids is 2. The van der Waals surface area contributed by atoms with Gasteiger partial charge in [0.2, 0.25) is 11.8 Å². The zero-order chi connectivity index (χ0) is 18.0. The van der Waals surface area contributed by atoms with E-state index in [1.807, 2.05) is 0 Å². The minimum Gasteiger partial charge on any atom is -0.352 e. The van der Waals surface area contributed by atoms with Crippen LogP contribution in [0.3, 0.4) is 0 Å². The van der Waals surface area contributed by atoms with Crippen LogP contribution in [0.2, 0.25) is 0 Å². The van der Waals surface area contributed by atoms with E-state index in [2.05, 4.69) is 10.6 Å². The van der Waals surface area contributed by atoms with Gasteiger partial charge in [-0.3, -0.25) is 9.59 Å². The SMILES string of the molecule is O=C(CC1=C2CCCCC2NC1=O)NCc1cccc(C(F)(F)F)c1. The fourth-order valence-corrected chi connectivity index (χ4v) is 3.40. The molecular weight excluding hydrogens is 333 g/mol. The molecule has 4 nitrogen and oxygen atoms in total. The van der Waals surface area contributed by atoms with Crippen LogP contribution in [0.1, 0.15) is 43.2 Å². The monoisotopic (exact) mass is 352 g/mol. The smallest absolute Gasteiger partial charge is 0.352 e. The average molecular weight is 352 g/mol. The third kappa shape index (κ3) is 4.03. The van der Waals surface area contributed by atoms with Gasteiger partial charge in [0.1, 0.15) is 0 Å². The van der Waals surface area contributed by atoms with Crippen LogP contribution in [-0.2, 0) is 22.3 Å². The van der Waals surface area contributed by atoms with Gasteiger partial charge >= 0.3 is 6.18 Å². The van der Waals surface area contributed by atoms with Gasteiger partial charge in [0.05, 0.1) is 18.0 Å². The van der Waals surface area contributed by atoms with Crippen LogP contribution in [0.4, 0.5) is 13.2 Å². The van der Waals surface area contributed by atoms with E-state index in [0.29, 0.717) is 11.1 Å². The molecule has 1 aliphatic carbocycles. The quantitative estimate of drug-likeness (QED) is 0.875. The summed E-state index contributed by atoms with van der Waals surface area (Å²) in [6.45, 7) is -0.00356. The standard InChI is InChI=1S/C18H19F3N2O2/c19-18(20,21)12-5-3-4-11(8-12)10-22-16(24)9-14-13-6-1-2-7-15(13)23-17(14)25/h3-5,8,15H,1-2,6-7,9-10H2,(H,22,24)(H,23,25). The number of nitrogens with one attached hydrogen (secondary N) is 2. The predicted molar refractivity (Wildman–Crippen MR) is 85.3 cm³/mol. The number of amides is 2. The second kappa shape index (κ2) is 6.90. The molecule has 0 bridgehead atoms. The zero-order valence-electron chi connectivity index (χ0n) is 13.6. The fourth-order valence-electron chi connectivity index (χ4n) is 3.40. The molecule has 1 aromatic rings. The summed E-state index contributed by atoms with van der Waals surface area (Å²) in [5.74, 6) is -0.558. The first-order valence-electron chi connectivity index (χ1n) is 8.30.